The van der Waals surface area contributed by atoms with Crippen LogP contribution in [0.25, 0.3) is 0 Å². The van der Waals surface area contributed by atoms with Gasteiger partial charge in [-0.15, -0.1) is 0 Å². The number of hydrogen-bond donors (Lipinski definition) is 1. The van der Waals surface area contributed by atoms with Crippen molar-refractivity contribution in [3.8, 4) is 5.75 Å². The van der Waals surface area contributed by atoms with Gasteiger partial charge in [-0.05, 0) is 24.5 Å². The average Bonchev–Trinajstić information content (AvgIpc) is 2.25. The fourth-order valence-corrected chi connectivity index (χ4v) is 3.18. The molecule has 0 bridgehead atoms. The van der Waals surface area contributed by atoms with Gasteiger partial charge in [-0.1, -0.05) is 13.0 Å². The second kappa shape index (κ2) is 4.85. The van der Waals surface area contributed by atoms with Gasteiger partial charge in [0.05, 0.1) is 11.9 Å². The van der Waals surface area contributed by atoms with Gasteiger partial charge in [0.25, 0.3) is 0 Å². The molecule has 1 aliphatic rings. The summed E-state index contributed by atoms with van der Waals surface area (Å²) in [7, 11) is -3.56. The van der Waals surface area contributed by atoms with E-state index in [0.29, 0.717) is 12.2 Å². The predicted molar refractivity (Wildman–Crippen MR) is 66.4 cm³/mol. The molecule has 1 aromatic carbocycles. The Morgan fingerprint density at radius 2 is 2.22 bits per heavy atom. The van der Waals surface area contributed by atoms with Crippen LogP contribution >= 0.6 is 0 Å². The van der Waals surface area contributed by atoms with Gasteiger partial charge in [0.2, 0.25) is 10.0 Å². The molecule has 0 aliphatic carbocycles. The summed E-state index contributed by atoms with van der Waals surface area (Å²) < 4.78 is 41.3. The maximum Gasteiger partial charge on any atom is 0.209 e. The van der Waals surface area contributed by atoms with Crippen LogP contribution in [0.1, 0.15) is 31.2 Å². The van der Waals surface area contributed by atoms with Gasteiger partial charge in [-0.25, -0.2) is 17.9 Å². The third-order valence-corrected chi connectivity index (χ3v) is 4.01. The first-order chi connectivity index (χ1) is 8.39. The summed E-state index contributed by atoms with van der Waals surface area (Å²) >= 11 is 0. The molecule has 2 atom stereocenters. The zero-order chi connectivity index (χ0) is 13.3. The summed E-state index contributed by atoms with van der Waals surface area (Å²) in [5, 5.41) is 5.10. The summed E-state index contributed by atoms with van der Waals surface area (Å²) in [4.78, 5) is 0. The van der Waals surface area contributed by atoms with Crippen molar-refractivity contribution in [1.29, 1.82) is 0 Å². The van der Waals surface area contributed by atoms with E-state index in [1.807, 2.05) is 6.92 Å². The van der Waals surface area contributed by atoms with Crippen LogP contribution in [0.4, 0.5) is 4.39 Å². The maximum atomic E-state index is 13.2. The molecular formula is C12H16FNO3S. The Morgan fingerprint density at radius 1 is 1.50 bits per heavy atom. The molecule has 0 saturated carbocycles. The SMILES string of the molecule is CC[C@H]1C[C@@H](CS(N)(=O)=O)c2ccc(F)cc2O1. The van der Waals surface area contributed by atoms with E-state index in [4.69, 9.17) is 9.88 Å². The Balaban J connectivity index is 2.37. The first-order valence-corrected chi connectivity index (χ1v) is 7.57. The van der Waals surface area contributed by atoms with Gasteiger partial charge in [0, 0.05) is 12.0 Å². The highest BCUT2D eigenvalue weighted by Gasteiger charge is 2.30. The number of nitrogens with two attached hydrogens (primary N) is 1. The smallest absolute Gasteiger partial charge is 0.209 e. The Bertz CT molecular complexity index is 544. The molecule has 2 N–H and O–H groups in total. The van der Waals surface area contributed by atoms with Crippen molar-refractivity contribution in [2.45, 2.75) is 31.8 Å². The molecule has 0 amide bonds. The highest BCUT2D eigenvalue weighted by atomic mass is 32.2. The minimum Gasteiger partial charge on any atom is -0.490 e. The highest BCUT2D eigenvalue weighted by Crippen LogP contribution is 2.38. The molecule has 18 heavy (non-hydrogen) atoms. The van der Waals surface area contributed by atoms with Crippen molar-refractivity contribution in [2.75, 3.05) is 5.75 Å². The van der Waals surface area contributed by atoms with Gasteiger partial charge in [-0.2, -0.15) is 0 Å². The van der Waals surface area contributed by atoms with Gasteiger partial charge < -0.3 is 4.74 Å². The molecule has 0 saturated heterocycles. The van der Waals surface area contributed by atoms with Gasteiger partial charge in [-0.3, -0.25) is 0 Å². The summed E-state index contributed by atoms with van der Waals surface area (Å²) in [6, 6.07) is 4.18. The molecule has 0 fully saturated rings. The van der Waals surface area contributed by atoms with E-state index in [2.05, 4.69) is 0 Å². The van der Waals surface area contributed by atoms with Crippen molar-refractivity contribution in [2.24, 2.45) is 5.14 Å². The fourth-order valence-electron chi connectivity index (χ4n) is 2.31. The van der Waals surface area contributed by atoms with E-state index < -0.39 is 10.0 Å². The van der Waals surface area contributed by atoms with Crippen LogP contribution in [0.3, 0.4) is 0 Å². The van der Waals surface area contributed by atoms with Crippen LogP contribution in [-0.2, 0) is 10.0 Å². The minimum absolute atomic E-state index is 0.0916. The molecule has 0 aromatic heterocycles. The third kappa shape index (κ3) is 3.00. The predicted octanol–water partition coefficient (Wildman–Crippen LogP) is 1.76. The molecule has 0 spiro atoms. The molecule has 4 nitrogen and oxygen atoms in total. The molecule has 6 heteroatoms. The van der Waals surface area contributed by atoms with Gasteiger partial charge in [0.1, 0.15) is 11.6 Å². The van der Waals surface area contributed by atoms with Crippen LogP contribution in [0, 0.1) is 5.82 Å². The lowest BCUT2D eigenvalue weighted by atomic mass is 9.90. The molecule has 100 valence electrons. The lowest BCUT2D eigenvalue weighted by Crippen LogP contribution is -2.30. The van der Waals surface area contributed by atoms with Crippen LogP contribution in [0.15, 0.2) is 18.2 Å². The zero-order valence-electron chi connectivity index (χ0n) is 10.1. The monoisotopic (exact) mass is 273 g/mol. The molecule has 2 rings (SSSR count). The number of ether oxygens (including phenoxy) is 1. The zero-order valence-corrected chi connectivity index (χ0v) is 10.9. The van der Waals surface area contributed by atoms with Crippen LogP contribution in [0.5, 0.6) is 5.75 Å². The van der Waals surface area contributed by atoms with Gasteiger partial charge in [0.15, 0.2) is 0 Å². The number of sulfonamides is 1. The van der Waals surface area contributed by atoms with E-state index in [-0.39, 0.29) is 23.6 Å². The van der Waals surface area contributed by atoms with E-state index in [1.165, 1.54) is 12.1 Å². The Labute approximate surface area is 106 Å². The highest BCUT2D eigenvalue weighted by molar-refractivity contribution is 7.89. The Morgan fingerprint density at radius 3 is 2.83 bits per heavy atom. The Hall–Kier alpha value is -1.14. The Kier molecular flexibility index (Phi) is 3.59. The van der Waals surface area contributed by atoms with E-state index in [9.17, 15) is 12.8 Å². The van der Waals surface area contributed by atoms with E-state index in [1.54, 1.807) is 6.07 Å². The number of hydrogen-bond acceptors (Lipinski definition) is 3. The number of fused-ring (bicyclic) bond motifs is 1. The maximum absolute atomic E-state index is 13.2. The average molecular weight is 273 g/mol. The summed E-state index contributed by atoms with van der Waals surface area (Å²) in [6.45, 7) is 1.95. The normalized spacial score (nSPS) is 23.3. The standard InChI is InChI=1S/C12H16FNO3S/c1-2-10-5-8(7-18(14,15)16)11-4-3-9(13)6-12(11)17-10/h3-4,6,8,10H,2,5,7H2,1H3,(H2,14,15,16)/t8-,10-/m0/s1. The molecular weight excluding hydrogens is 257 g/mol. The van der Waals surface area contributed by atoms with Gasteiger partial charge >= 0.3 is 0 Å². The number of benzene rings is 1. The van der Waals surface area contributed by atoms with Crippen molar-refractivity contribution >= 4 is 10.0 Å². The second-order valence-corrected chi connectivity index (χ2v) is 6.25. The molecule has 0 radical (unpaired) electrons. The van der Waals surface area contributed by atoms with Crippen molar-refractivity contribution in [3.63, 3.8) is 0 Å². The quantitative estimate of drug-likeness (QED) is 0.912. The third-order valence-electron chi connectivity index (χ3n) is 3.15. The lowest BCUT2D eigenvalue weighted by molar-refractivity contribution is 0.157. The summed E-state index contributed by atoms with van der Waals surface area (Å²) in [5.41, 5.74) is 0.718. The number of primary sulfonamides is 1. The van der Waals surface area contributed by atoms with Crippen molar-refractivity contribution in [1.82, 2.24) is 0 Å². The fraction of sp³-hybridized carbons (Fsp3) is 0.500. The van der Waals surface area contributed by atoms with Crippen LogP contribution < -0.4 is 9.88 Å². The summed E-state index contributed by atoms with van der Waals surface area (Å²) in [5.74, 6) is -0.318. The van der Waals surface area contributed by atoms with Crippen LogP contribution in [0.2, 0.25) is 0 Å². The topological polar surface area (TPSA) is 69.4 Å². The number of rotatable bonds is 3. The lowest BCUT2D eigenvalue weighted by Gasteiger charge is -2.31. The largest absolute Gasteiger partial charge is 0.490 e. The molecule has 1 aliphatic heterocycles. The second-order valence-electron chi connectivity index (χ2n) is 4.59. The molecule has 1 heterocycles. The van der Waals surface area contributed by atoms with E-state index in [0.717, 1.165) is 12.0 Å². The van der Waals surface area contributed by atoms with Crippen molar-refractivity contribution < 1.29 is 17.5 Å². The first-order valence-electron chi connectivity index (χ1n) is 5.85. The summed E-state index contributed by atoms with van der Waals surface area (Å²) in [6.07, 6.45) is 1.24. The van der Waals surface area contributed by atoms with E-state index >= 15 is 0 Å². The minimum atomic E-state index is -3.56. The first kappa shape index (κ1) is 13.3. The van der Waals surface area contributed by atoms with Crippen LogP contribution in [-0.4, -0.2) is 20.3 Å². The molecule has 1 aromatic rings. The van der Waals surface area contributed by atoms with Crippen molar-refractivity contribution in [3.05, 3.63) is 29.6 Å². The number of halogens is 1. The molecule has 0 unspecified atom stereocenters.